The van der Waals surface area contributed by atoms with Crippen LogP contribution in [0.4, 0.5) is 20.2 Å². The van der Waals surface area contributed by atoms with Crippen LogP contribution in [0.3, 0.4) is 0 Å². The van der Waals surface area contributed by atoms with Crippen molar-refractivity contribution in [1.29, 1.82) is 0 Å². The second-order valence-electron chi connectivity index (χ2n) is 7.47. The van der Waals surface area contributed by atoms with Crippen molar-refractivity contribution in [2.75, 3.05) is 4.90 Å². The number of aromatic carboxylic acids is 1. The normalized spacial score (nSPS) is 10.7. The van der Waals surface area contributed by atoms with Gasteiger partial charge in [-0.1, -0.05) is 30.3 Å². The number of rotatable bonds is 10. The minimum Gasteiger partial charge on any atom is -0.485 e. The number of benzene rings is 3. The maximum Gasteiger partial charge on any atom is 0.387 e. The standard InChI is InChI=1S/C26H21F2N3O4/c27-26(28)35-23-11-10-22(12-24(23)34-16-18-4-2-1-3-5-18)31(15-19-13-29-17-30-14-19)21-8-6-20(7-9-21)25(32)33/h1-14,17,26H,15-16H2,(H,32,33). The average molecular weight is 477 g/mol. The molecule has 9 heteroatoms. The molecule has 35 heavy (non-hydrogen) atoms. The van der Waals surface area contributed by atoms with E-state index in [9.17, 15) is 18.7 Å². The average Bonchev–Trinajstić information content (AvgIpc) is 2.88. The molecule has 0 unspecified atom stereocenters. The molecule has 4 aromatic rings. The first-order valence-corrected chi connectivity index (χ1v) is 10.6. The summed E-state index contributed by atoms with van der Waals surface area (Å²) in [5.41, 5.74) is 3.08. The summed E-state index contributed by atoms with van der Waals surface area (Å²) in [5.74, 6) is -0.989. The van der Waals surface area contributed by atoms with Crippen molar-refractivity contribution in [2.45, 2.75) is 19.8 Å². The molecule has 0 bridgehead atoms. The molecule has 0 spiro atoms. The van der Waals surface area contributed by atoms with Crippen LogP contribution in [-0.2, 0) is 13.2 Å². The third-order valence-corrected chi connectivity index (χ3v) is 5.07. The Labute approximate surface area is 200 Å². The molecule has 0 aliphatic rings. The maximum atomic E-state index is 13.0. The van der Waals surface area contributed by atoms with Gasteiger partial charge >= 0.3 is 12.6 Å². The summed E-state index contributed by atoms with van der Waals surface area (Å²) in [7, 11) is 0. The number of nitrogens with zero attached hydrogens (tertiary/aromatic N) is 3. The molecule has 0 amide bonds. The van der Waals surface area contributed by atoms with E-state index < -0.39 is 12.6 Å². The highest BCUT2D eigenvalue weighted by Gasteiger charge is 2.17. The Morgan fingerprint density at radius 3 is 2.23 bits per heavy atom. The molecule has 7 nitrogen and oxygen atoms in total. The van der Waals surface area contributed by atoms with E-state index in [0.717, 1.165) is 11.1 Å². The molecule has 0 radical (unpaired) electrons. The van der Waals surface area contributed by atoms with Gasteiger partial charge < -0.3 is 19.5 Å². The summed E-state index contributed by atoms with van der Waals surface area (Å²) in [6, 6.07) is 20.3. The highest BCUT2D eigenvalue weighted by molar-refractivity contribution is 5.88. The van der Waals surface area contributed by atoms with Gasteiger partial charge in [0.15, 0.2) is 11.5 Å². The molecule has 0 fully saturated rings. The lowest BCUT2D eigenvalue weighted by Crippen LogP contribution is -2.17. The molecule has 1 N–H and O–H groups in total. The Bertz CT molecular complexity index is 1260. The molecule has 1 heterocycles. The van der Waals surface area contributed by atoms with Gasteiger partial charge in [-0.05, 0) is 42.0 Å². The van der Waals surface area contributed by atoms with Gasteiger partial charge in [0.1, 0.15) is 12.9 Å². The van der Waals surface area contributed by atoms with E-state index in [1.807, 2.05) is 35.2 Å². The summed E-state index contributed by atoms with van der Waals surface area (Å²) in [5, 5.41) is 9.24. The fourth-order valence-electron chi connectivity index (χ4n) is 3.42. The van der Waals surface area contributed by atoms with E-state index in [4.69, 9.17) is 4.74 Å². The zero-order valence-electron chi connectivity index (χ0n) is 18.4. The first-order valence-electron chi connectivity index (χ1n) is 10.6. The summed E-state index contributed by atoms with van der Waals surface area (Å²) < 4.78 is 36.6. The van der Waals surface area contributed by atoms with Gasteiger partial charge in [-0.15, -0.1) is 0 Å². The summed E-state index contributed by atoms with van der Waals surface area (Å²) in [6.45, 7) is -2.52. The van der Waals surface area contributed by atoms with Crippen LogP contribution < -0.4 is 14.4 Å². The Kier molecular flexibility index (Phi) is 7.47. The van der Waals surface area contributed by atoms with Crippen molar-refractivity contribution in [3.63, 3.8) is 0 Å². The minimum absolute atomic E-state index is 0.0936. The first-order chi connectivity index (χ1) is 17.0. The molecule has 3 aromatic carbocycles. The second kappa shape index (κ2) is 11.1. The van der Waals surface area contributed by atoms with Gasteiger partial charge in [0.25, 0.3) is 0 Å². The fraction of sp³-hybridized carbons (Fsp3) is 0.115. The number of hydrogen-bond donors (Lipinski definition) is 1. The van der Waals surface area contributed by atoms with Gasteiger partial charge in [-0.3, -0.25) is 0 Å². The van der Waals surface area contributed by atoms with Crippen LogP contribution in [0.5, 0.6) is 11.5 Å². The third kappa shape index (κ3) is 6.29. The lowest BCUT2D eigenvalue weighted by Gasteiger charge is -2.26. The number of halogens is 2. The molecule has 0 atom stereocenters. The smallest absolute Gasteiger partial charge is 0.387 e. The summed E-state index contributed by atoms with van der Waals surface area (Å²) >= 11 is 0. The molecule has 178 valence electrons. The Balaban J connectivity index is 1.71. The monoisotopic (exact) mass is 477 g/mol. The Hall–Kier alpha value is -4.53. The van der Waals surface area contributed by atoms with Crippen molar-refractivity contribution < 1.29 is 28.2 Å². The highest BCUT2D eigenvalue weighted by atomic mass is 19.3. The number of anilines is 2. The van der Waals surface area contributed by atoms with Gasteiger partial charge in [-0.25, -0.2) is 14.8 Å². The topological polar surface area (TPSA) is 84.8 Å². The number of ether oxygens (including phenoxy) is 2. The van der Waals surface area contributed by atoms with E-state index in [1.54, 1.807) is 36.7 Å². The van der Waals surface area contributed by atoms with Crippen LogP contribution in [-0.4, -0.2) is 27.7 Å². The van der Waals surface area contributed by atoms with E-state index in [0.29, 0.717) is 17.9 Å². The molecular weight excluding hydrogens is 456 g/mol. The van der Waals surface area contributed by atoms with Crippen molar-refractivity contribution in [3.8, 4) is 11.5 Å². The van der Waals surface area contributed by atoms with E-state index >= 15 is 0 Å². The SMILES string of the molecule is O=C(O)c1ccc(N(Cc2cncnc2)c2ccc(OC(F)F)c(OCc3ccccc3)c2)cc1. The lowest BCUT2D eigenvalue weighted by molar-refractivity contribution is -0.0515. The number of carboxylic acid groups (broad SMARTS) is 1. The Morgan fingerprint density at radius 1 is 0.886 bits per heavy atom. The van der Waals surface area contributed by atoms with Crippen molar-refractivity contribution >= 4 is 17.3 Å². The second-order valence-corrected chi connectivity index (χ2v) is 7.47. The molecule has 0 saturated heterocycles. The summed E-state index contributed by atoms with van der Waals surface area (Å²) in [6.07, 6.45) is 4.74. The highest BCUT2D eigenvalue weighted by Crippen LogP contribution is 2.37. The number of carboxylic acids is 1. The van der Waals surface area contributed by atoms with Gasteiger partial charge in [0.2, 0.25) is 0 Å². The third-order valence-electron chi connectivity index (χ3n) is 5.07. The van der Waals surface area contributed by atoms with E-state index in [-0.39, 0.29) is 23.7 Å². The molecule has 0 aliphatic carbocycles. The minimum atomic E-state index is -3.01. The van der Waals surface area contributed by atoms with Crippen molar-refractivity contribution in [3.05, 3.63) is 108 Å². The van der Waals surface area contributed by atoms with E-state index in [2.05, 4.69) is 14.7 Å². The maximum absolute atomic E-state index is 13.0. The lowest BCUT2D eigenvalue weighted by atomic mass is 10.1. The quantitative estimate of drug-likeness (QED) is 0.314. The predicted octanol–water partition coefficient (Wildman–Crippen LogP) is 5.69. The zero-order chi connectivity index (χ0) is 24.6. The van der Waals surface area contributed by atoms with Crippen LogP contribution in [0, 0.1) is 0 Å². The zero-order valence-corrected chi connectivity index (χ0v) is 18.4. The van der Waals surface area contributed by atoms with Crippen LogP contribution >= 0.6 is 0 Å². The van der Waals surface area contributed by atoms with Crippen LogP contribution in [0.15, 0.2) is 91.5 Å². The molecule has 0 saturated carbocycles. The largest absolute Gasteiger partial charge is 0.485 e. The number of alkyl halides is 2. The van der Waals surface area contributed by atoms with Gasteiger partial charge in [0.05, 0.1) is 12.1 Å². The van der Waals surface area contributed by atoms with E-state index in [1.165, 1.54) is 24.5 Å². The molecule has 1 aromatic heterocycles. The van der Waals surface area contributed by atoms with Crippen molar-refractivity contribution in [2.24, 2.45) is 0 Å². The first kappa shape index (κ1) is 23.6. The fourth-order valence-corrected chi connectivity index (χ4v) is 3.42. The van der Waals surface area contributed by atoms with Crippen LogP contribution in [0.25, 0.3) is 0 Å². The number of aromatic nitrogens is 2. The van der Waals surface area contributed by atoms with Crippen molar-refractivity contribution in [1.82, 2.24) is 9.97 Å². The van der Waals surface area contributed by atoms with Gasteiger partial charge in [0, 0.05) is 35.4 Å². The van der Waals surface area contributed by atoms with Gasteiger partial charge in [-0.2, -0.15) is 8.78 Å². The predicted molar refractivity (Wildman–Crippen MR) is 125 cm³/mol. The number of hydrogen-bond acceptors (Lipinski definition) is 6. The molecular formula is C26H21F2N3O4. The van der Waals surface area contributed by atoms with Crippen LogP contribution in [0.2, 0.25) is 0 Å². The Morgan fingerprint density at radius 2 is 1.57 bits per heavy atom. The molecule has 0 aliphatic heterocycles. The molecule has 4 rings (SSSR count). The number of carbonyl (C=O) groups is 1. The van der Waals surface area contributed by atoms with Crippen LogP contribution in [0.1, 0.15) is 21.5 Å². The summed E-state index contributed by atoms with van der Waals surface area (Å²) in [4.78, 5) is 21.2.